The number of rotatable bonds is 4. The quantitative estimate of drug-likeness (QED) is 0.774. The average Bonchev–Trinajstić information content (AvgIpc) is 3.43. The third kappa shape index (κ3) is 2.34. The Kier molecular flexibility index (Phi) is 3.41. The van der Waals surface area contributed by atoms with Gasteiger partial charge in [-0.15, -0.1) is 10.2 Å². The van der Waals surface area contributed by atoms with E-state index < -0.39 is 0 Å². The largest absolute Gasteiger partial charge is 0.389 e. The fourth-order valence-corrected chi connectivity index (χ4v) is 3.94. The van der Waals surface area contributed by atoms with E-state index in [1.807, 2.05) is 24.0 Å². The number of pyridine rings is 1. The second-order valence-corrected chi connectivity index (χ2v) is 6.92. The summed E-state index contributed by atoms with van der Waals surface area (Å²) < 4.78 is 3.59. The number of oxime groups is 1. The molecule has 5 rings (SSSR count). The van der Waals surface area contributed by atoms with Gasteiger partial charge in [0.15, 0.2) is 5.65 Å². The van der Waals surface area contributed by atoms with Gasteiger partial charge in [-0.05, 0) is 32.6 Å². The fourth-order valence-electron chi connectivity index (χ4n) is 3.94. The molecule has 0 amide bonds. The minimum absolute atomic E-state index is 0.119. The Morgan fingerprint density at radius 1 is 1.19 bits per heavy atom. The van der Waals surface area contributed by atoms with Crippen molar-refractivity contribution < 1.29 is 4.84 Å². The number of aromatic nitrogens is 6. The van der Waals surface area contributed by atoms with E-state index in [0.717, 1.165) is 53.8 Å². The van der Waals surface area contributed by atoms with Gasteiger partial charge in [0, 0.05) is 24.7 Å². The number of hydrogen-bond donors (Lipinski definition) is 1. The summed E-state index contributed by atoms with van der Waals surface area (Å²) in [4.78, 5) is 10.5. The molecule has 3 aromatic heterocycles. The van der Waals surface area contributed by atoms with E-state index in [4.69, 9.17) is 4.84 Å². The van der Waals surface area contributed by atoms with Crippen LogP contribution in [0.15, 0.2) is 30.2 Å². The lowest BCUT2D eigenvalue weighted by Crippen LogP contribution is -2.25. The molecule has 26 heavy (non-hydrogen) atoms. The Balaban J connectivity index is 1.60. The third-order valence-electron chi connectivity index (χ3n) is 5.29. The molecule has 0 aromatic carbocycles. The number of nitrogens with zero attached hydrogens (tertiary/aromatic N) is 7. The SMILES string of the molecule is CCn1ncc2c(Nn3cnnc3)c(C3=NOC4(CCCC4)C3)cnc21. The van der Waals surface area contributed by atoms with Gasteiger partial charge >= 0.3 is 0 Å². The molecule has 1 aliphatic carbocycles. The van der Waals surface area contributed by atoms with Gasteiger partial charge in [-0.3, -0.25) is 5.43 Å². The van der Waals surface area contributed by atoms with Crippen molar-refractivity contribution in [1.82, 2.24) is 29.6 Å². The molecule has 1 saturated carbocycles. The van der Waals surface area contributed by atoms with Crippen molar-refractivity contribution in [2.24, 2.45) is 5.16 Å². The summed E-state index contributed by atoms with van der Waals surface area (Å²) in [6, 6.07) is 0. The second-order valence-electron chi connectivity index (χ2n) is 6.92. The Morgan fingerprint density at radius 3 is 2.77 bits per heavy atom. The standard InChI is InChI=1S/C17H20N8O/c1-2-25-16-13(9-21-25)15(22-24-10-19-20-11-24)12(8-18-16)14-7-17(26-23-14)5-3-4-6-17/h8-11H,2-7H2,1H3,(H,18,22). The first kappa shape index (κ1) is 15.3. The Morgan fingerprint density at radius 2 is 2.00 bits per heavy atom. The molecule has 0 bridgehead atoms. The maximum Gasteiger partial charge on any atom is 0.159 e. The zero-order valence-electron chi connectivity index (χ0n) is 14.6. The van der Waals surface area contributed by atoms with Gasteiger partial charge in [-0.2, -0.15) is 5.10 Å². The predicted octanol–water partition coefficient (Wildman–Crippen LogP) is 2.36. The highest BCUT2D eigenvalue weighted by Gasteiger charge is 2.42. The first-order valence-electron chi connectivity index (χ1n) is 9.00. The van der Waals surface area contributed by atoms with Crippen LogP contribution in [0.3, 0.4) is 0 Å². The molecule has 134 valence electrons. The summed E-state index contributed by atoms with van der Waals surface area (Å²) in [6.07, 6.45) is 12.3. The summed E-state index contributed by atoms with van der Waals surface area (Å²) in [6.45, 7) is 2.81. The highest BCUT2D eigenvalue weighted by molar-refractivity contribution is 6.10. The molecule has 0 unspecified atom stereocenters. The van der Waals surface area contributed by atoms with Gasteiger partial charge in [-0.25, -0.2) is 14.3 Å². The number of anilines is 1. The van der Waals surface area contributed by atoms with E-state index in [2.05, 4.69) is 30.9 Å². The van der Waals surface area contributed by atoms with Gasteiger partial charge in [0.1, 0.15) is 18.3 Å². The van der Waals surface area contributed by atoms with Crippen LogP contribution in [0.2, 0.25) is 0 Å². The van der Waals surface area contributed by atoms with Gasteiger partial charge in [0.2, 0.25) is 0 Å². The zero-order valence-corrected chi connectivity index (χ0v) is 14.6. The molecule has 0 saturated heterocycles. The molecule has 1 N–H and O–H groups in total. The summed E-state index contributed by atoms with van der Waals surface area (Å²) in [5, 5.41) is 17.5. The maximum atomic E-state index is 5.88. The maximum absolute atomic E-state index is 5.88. The van der Waals surface area contributed by atoms with E-state index in [1.54, 1.807) is 17.3 Å². The molecule has 3 aromatic rings. The van der Waals surface area contributed by atoms with Crippen molar-refractivity contribution in [3.05, 3.63) is 30.6 Å². The Labute approximate surface area is 150 Å². The fraction of sp³-hybridized carbons (Fsp3) is 0.471. The van der Waals surface area contributed by atoms with E-state index in [9.17, 15) is 0 Å². The van der Waals surface area contributed by atoms with Crippen LogP contribution in [0.1, 0.15) is 44.6 Å². The highest BCUT2D eigenvalue weighted by Crippen LogP contribution is 2.42. The normalized spacial score (nSPS) is 18.4. The molecule has 1 aliphatic heterocycles. The van der Waals surface area contributed by atoms with Crippen LogP contribution < -0.4 is 5.43 Å². The van der Waals surface area contributed by atoms with Crippen molar-refractivity contribution in [3.63, 3.8) is 0 Å². The number of aryl methyl sites for hydroxylation is 1. The van der Waals surface area contributed by atoms with Crippen LogP contribution in [0.25, 0.3) is 11.0 Å². The monoisotopic (exact) mass is 352 g/mol. The lowest BCUT2D eigenvalue weighted by molar-refractivity contribution is -0.0126. The third-order valence-corrected chi connectivity index (χ3v) is 5.29. The number of hydrogen-bond acceptors (Lipinski definition) is 7. The van der Waals surface area contributed by atoms with Crippen molar-refractivity contribution in [3.8, 4) is 0 Å². The molecule has 9 nitrogen and oxygen atoms in total. The van der Waals surface area contributed by atoms with Gasteiger partial charge < -0.3 is 4.84 Å². The van der Waals surface area contributed by atoms with Crippen molar-refractivity contribution >= 4 is 22.4 Å². The van der Waals surface area contributed by atoms with Gasteiger partial charge in [-0.1, -0.05) is 5.16 Å². The van der Waals surface area contributed by atoms with E-state index in [-0.39, 0.29) is 5.60 Å². The van der Waals surface area contributed by atoms with Crippen molar-refractivity contribution in [1.29, 1.82) is 0 Å². The van der Waals surface area contributed by atoms with Gasteiger partial charge in [0.25, 0.3) is 0 Å². The van der Waals surface area contributed by atoms with Gasteiger partial charge in [0.05, 0.1) is 23.0 Å². The second kappa shape index (κ2) is 5.79. The summed E-state index contributed by atoms with van der Waals surface area (Å²) >= 11 is 0. The van der Waals surface area contributed by atoms with E-state index >= 15 is 0 Å². The van der Waals surface area contributed by atoms with E-state index in [1.165, 1.54) is 12.8 Å². The minimum atomic E-state index is -0.119. The Bertz CT molecular complexity index is 968. The predicted molar refractivity (Wildman–Crippen MR) is 95.7 cm³/mol. The van der Waals surface area contributed by atoms with Crippen LogP contribution in [0, 0.1) is 0 Å². The zero-order chi connectivity index (χ0) is 17.6. The van der Waals surface area contributed by atoms with Crippen LogP contribution in [0.5, 0.6) is 0 Å². The summed E-state index contributed by atoms with van der Waals surface area (Å²) in [5.41, 5.74) is 6.83. The molecular weight excluding hydrogens is 332 g/mol. The van der Waals surface area contributed by atoms with Crippen LogP contribution in [-0.2, 0) is 11.4 Å². The smallest absolute Gasteiger partial charge is 0.159 e. The minimum Gasteiger partial charge on any atom is -0.389 e. The van der Waals surface area contributed by atoms with Crippen LogP contribution in [-0.4, -0.2) is 41.0 Å². The number of nitrogens with one attached hydrogen (secondary N) is 1. The topological polar surface area (TPSA) is 95.0 Å². The lowest BCUT2D eigenvalue weighted by atomic mass is 9.92. The highest BCUT2D eigenvalue weighted by atomic mass is 16.7. The van der Waals surface area contributed by atoms with E-state index in [0.29, 0.717) is 0 Å². The molecule has 1 spiro atoms. The molecule has 0 radical (unpaired) electrons. The molecule has 4 heterocycles. The van der Waals surface area contributed by atoms with Crippen molar-refractivity contribution in [2.75, 3.05) is 5.43 Å². The average molecular weight is 352 g/mol. The first-order chi connectivity index (χ1) is 12.8. The summed E-state index contributed by atoms with van der Waals surface area (Å²) in [5.74, 6) is 0. The molecule has 9 heteroatoms. The van der Waals surface area contributed by atoms with Crippen molar-refractivity contribution in [2.45, 2.75) is 51.2 Å². The van der Waals surface area contributed by atoms with Crippen LogP contribution >= 0.6 is 0 Å². The number of fused-ring (bicyclic) bond motifs is 1. The first-order valence-corrected chi connectivity index (χ1v) is 9.00. The lowest BCUT2D eigenvalue weighted by Gasteiger charge is -2.19. The molecule has 2 aliphatic rings. The molecule has 1 fully saturated rings. The molecular formula is C17H20N8O. The van der Waals surface area contributed by atoms with Crippen LogP contribution in [0.4, 0.5) is 5.69 Å². The molecule has 0 atom stereocenters. The Hall–Kier alpha value is -2.97. The summed E-state index contributed by atoms with van der Waals surface area (Å²) in [7, 11) is 0.